The van der Waals surface area contributed by atoms with Gasteiger partial charge in [-0.25, -0.2) is 0 Å². The molecule has 0 aliphatic heterocycles. The lowest BCUT2D eigenvalue weighted by Gasteiger charge is -2.26. The summed E-state index contributed by atoms with van der Waals surface area (Å²) in [4.78, 5) is 2.34. The lowest BCUT2D eigenvalue weighted by atomic mass is 9.87. The topological polar surface area (TPSA) is 3.24 Å². The van der Waals surface area contributed by atoms with Crippen LogP contribution in [0.25, 0.3) is 61.7 Å². The van der Waals surface area contributed by atoms with Crippen molar-refractivity contribution < 1.29 is 0 Å². The van der Waals surface area contributed by atoms with Crippen LogP contribution in [0.2, 0.25) is 0 Å². The Morgan fingerprint density at radius 1 is 0.449 bits per heavy atom. The Morgan fingerprint density at radius 2 is 1.12 bits per heavy atom. The molecule has 0 saturated heterocycles. The van der Waals surface area contributed by atoms with Gasteiger partial charge in [-0.1, -0.05) is 146 Å². The summed E-state index contributed by atoms with van der Waals surface area (Å²) in [5, 5.41) is 7.86. The van der Waals surface area contributed by atoms with Crippen molar-refractivity contribution in [2.75, 3.05) is 4.90 Å². The molecule has 1 aliphatic rings. The van der Waals surface area contributed by atoms with E-state index in [1.165, 1.54) is 60.1 Å². The molecule has 0 unspecified atom stereocenters. The Kier molecular flexibility index (Phi) is 7.37. The van der Waals surface area contributed by atoms with Gasteiger partial charge >= 0.3 is 0 Å². The second-order valence-corrected chi connectivity index (χ2v) is 12.9. The number of allylic oxidation sites excluding steroid dienone is 1. The van der Waals surface area contributed by atoms with Crippen molar-refractivity contribution in [1.82, 2.24) is 0 Å². The Balaban J connectivity index is 1.09. The van der Waals surface area contributed by atoms with Crippen molar-refractivity contribution in [1.29, 1.82) is 0 Å². The molecule has 0 heterocycles. The Bertz CT molecular complexity index is 2540. The zero-order chi connectivity index (χ0) is 32.6. The van der Waals surface area contributed by atoms with Gasteiger partial charge in [-0.3, -0.25) is 0 Å². The zero-order valence-corrected chi connectivity index (χ0v) is 27.3. The van der Waals surface area contributed by atoms with Crippen LogP contribution in [0.5, 0.6) is 0 Å². The van der Waals surface area contributed by atoms with Gasteiger partial charge in [-0.2, -0.15) is 0 Å². The molecule has 0 bridgehead atoms. The van der Waals surface area contributed by atoms with Crippen LogP contribution in [0.3, 0.4) is 0 Å². The van der Waals surface area contributed by atoms with Crippen molar-refractivity contribution in [2.45, 2.75) is 12.8 Å². The summed E-state index contributed by atoms with van der Waals surface area (Å²) >= 11 is 0. The molecule has 0 amide bonds. The molecular formula is C48H35N. The van der Waals surface area contributed by atoms with Gasteiger partial charge in [0.1, 0.15) is 0 Å². The zero-order valence-electron chi connectivity index (χ0n) is 27.3. The van der Waals surface area contributed by atoms with E-state index in [0.717, 1.165) is 35.5 Å². The second kappa shape index (κ2) is 12.4. The average Bonchev–Trinajstić information content (AvgIpc) is 3.17. The van der Waals surface area contributed by atoms with Crippen molar-refractivity contribution in [3.63, 3.8) is 0 Å². The third-order valence-electron chi connectivity index (χ3n) is 9.87. The normalized spacial score (nSPS) is 12.6. The van der Waals surface area contributed by atoms with Gasteiger partial charge in [-0.15, -0.1) is 0 Å². The molecule has 1 heteroatoms. The van der Waals surface area contributed by atoms with Gasteiger partial charge in [0.25, 0.3) is 0 Å². The maximum atomic E-state index is 2.34. The number of rotatable bonds is 6. The minimum absolute atomic E-state index is 1.08. The highest BCUT2D eigenvalue weighted by atomic mass is 15.1. The van der Waals surface area contributed by atoms with E-state index in [4.69, 9.17) is 0 Å². The molecule has 1 nitrogen and oxygen atoms in total. The number of para-hydroxylation sites is 1. The fraction of sp³-hybridized carbons (Fsp3) is 0.0417. The van der Waals surface area contributed by atoms with E-state index in [2.05, 4.69) is 193 Å². The van der Waals surface area contributed by atoms with E-state index in [1.54, 1.807) is 0 Å². The smallest absolute Gasteiger partial charge is 0.0467 e. The molecule has 8 aromatic rings. The van der Waals surface area contributed by atoms with Gasteiger partial charge in [0.2, 0.25) is 0 Å². The summed E-state index contributed by atoms with van der Waals surface area (Å²) in [6.45, 7) is 0. The van der Waals surface area contributed by atoms with E-state index < -0.39 is 0 Å². The van der Waals surface area contributed by atoms with E-state index in [0.29, 0.717) is 0 Å². The standard InChI is InChI=1S/C48H35N/c1-2-16-43(17-3-1)49(44-30-28-36(29-31-44)42-27-22-35-11-4-5-13-41(35)33-42)45-18-8-10-34(32-45)20-21-38-14-9-15-39-25-26-40-24-23-37-12-6-7-19-46(37)48(40)47(38)39/h1-6,8-18,20-33H,7,19H2. The molecule has 0 spiro atoms. The minimum Gasteiger partial charge on any atom is -0.310 e. The molecule has 49 heavy (non-hydrogen) atoms. The first-order valence-electron chi connectivity index (χ1n) is 17.1. The van der Waals surface area contributed by atoms with Gasteiger partial charge in [0.05, 0.1) is 0 Å². The first-order valence-corrected chi connectivity index (χ1v) is 17.1. The number of benzene rings is 8. The average molecular weight is 626 g/mol. The van der Waals surface area contributed by atoms with Crippen molar-refractivity contribution in [3.05, 3.63) is 192 Å². The number of fused-ring (bicyclic) bond motifs is 6. The Labute approximate surface area is 287 Å². The summed E-state index contributed by atoms with van der Waals surface area (Å²) in [7, 11) is 0. The number of hydrogen-bond acceptors (Lipinski definition) is 1. The largest absolute Gasteiger partial charge is 0.310 e. The Hall–Kier alpha value is -6.18. The van der Waals surface area contributed by atoms with E-state index in [1.807, 2.05) is 0 Å². The molecule has 0 fully saturated rings. The number of nitrogens with zero attached hydrogens (tertiary/aromatic N) is 1. The molecule has 0 radical (unpaired) electrons. The highest BCUT2D eigenvalue weighted by Crippen LogP contribution is 2.38. The van der Waals surface area contributed by atoms with E-state index in [9.17, 15) is 0 Å². The molecule has 0 N–H and O–H groups in total. The maximum Gasteiger partial charge on any atom is 0.0467 e. The van der Waals surface area contributed by atoms with Crippen LogP contribution < -0.4 is 4.90 Å². The van der Waals surface area contributed by atoms with Gasteiger partial charge < -0.3 is 4.90 Å². The molecule has 8 aromatic carbocycles. The number of anilines is 3. The third-order valence-corrected chi connectivity index (χ3v) is 9.87. The van der Waals surface area contributed by atoms with Crippen LogP contribution in [0.4, 0.5) is 17.1 Å². The molecule has 232 valence electrons. The summed E-state index contributed by atoms with van der Waals surface area (Å²) in [5.74, 6) is 0. The molecule has 0 aromatic heterocycles. The summed E-state index contributed by atoms with van der Waals surface area (Å²) < 4.78 is 0. The molecule has 9 rings (SSSR count). The SMILES string of the molecule is C1=Cc2ccc3ccc4cccc(C=Cc5cccc(N(c6ccccc6)c6ccc(-c7ccc8ccccc8c7)cc6)c5)c4c3c2CC1. The highest BCUT2D eigenvalue weighted by Gasteiger charge is 2.15. The van der Waals surface area contributed by atoms with Crippen molar-refractivity contribution in [2.24, 2.45) is 0 Å². The van der Waals surface area contributed by atoms with Crippen LogP contribution in [-0.2, 0) is 6.42 Å². The Morgan fingerprint density at radius 3 is 2.00 bits per heavy atom. The van der Waals surface area contributed by atoms with Crippen molar-refractivity contribution >= 4 is 67.6 Å². The van der Waals surface area contributed by atoms with E-state index >= 15 is 0 Å². The van der Waals surface area contributed by atoms with Gasteiger partial charge in [-0.05, 0) is 121 Å². The monoisotopic (exact) mass is 625 g/mol. The lowest BCUT2D eigenvalue weighted by molar-refractivity contribution is 0.998. The first kappa shape index (κ1) is 29.0. The summed E-state index contributed by atoms with van der Waals surface area (Å²) in [6.07, 6.45) is 11.3. The predicted molar refractivity (Wildman–Crippen MR) is 212 cm³/mol. The summed E-state index contributed by atoms with van der Waals surface area (Å²) in [6, 6.07) is 59.4. The van der Waals surface area contributed by atoms with Crippen LogP contribution in [0, 0.1) is 0 Å². The second-order valence-electron chi connectivity index (χ2n) is 12.9. The highest BCUT2D eigenvalue weighted by molar-refractivity contribution is 6.14. The molecular weight excluding hydrogens is 591 g/mol. The fourth-order valence-corrected chi connectivity index (χ4v) is 7.46. The van der Waals surface area contributed by atoms with Gasteiger partial charge in [0.15, 0.2) is 0 Å². The van der Waals surface area contributed by atoms with E-state index in [-0.39, 0.29) is 0 Å². The number of hydrogen-bond donors (Lipinski definition) is 0. The predicted octanol–water partition coefficient (Wildman–Crippen LogP) is 13.4. The van der Waals surface area contributed by atoms with Crippen LogP contribution in [0.1, 0.15) is 28.7 Å². The molecule has 0 atom stereocenters. The summed E-state index contributed by atoms with van der Waals surface area (Å²) in [5.41, 5.74) is 11.0. The van der Waals surface area contributed by atoms with Crippen molar-refractivity contribution in [3.8, 4) is 11.1 Å². The van der Waals surface area contributed by atoms with Gasteiger partial charge in [0, 0.05) is 17.1 Å². The maximum absolute atomic E-state index is 2.34. The van der Waals surface area contributed by atoms with Crippen LogP contribution in [0.15, 0.2) is 170 Å². The molecule has 1 aliphatic carbocycles. The third kappa shape index (κ3) is 5.50. The quantitative estimate of drug-likeness (QED) is 0.131. The van der Waals surface area contributed by atoms with Crippen LogP contribution in [-0.4, -0.2) is 0 Å². The first-order chi connectivity index (χ1) is 24.3. The minimum atomic E-state index is 1.08. The lowest BCUT2D eigenvalue weighted by Crippen LogP contribution is -2.09. The fourth-order valence-electron chi connectivity index (χ4n) is 7.46. The molecule has 0 saturated carbocycles. The van der Waals surface area contributed by atoms with Crippen LogP contribution >= 0.6 is 0 Å². The number of aryl methyl sites for hydroxylation is 1.